The molecule has 0 amide bonds. The van der Waals surface area contributed by atoms with Gasteiger partial charge in [0.2, 0.25) is 10.0 Å². The second-order valence-corrected chi connectivity index (χ2v) is 5.74. The Morgan fingerprint density at radius 2 is 2.00 bits per heavy atom. The van der Waals surface area contributed by atoms with E-state index in [1.165, 1.54) is 6.07 Å². The third kappa shape index (κ3) is 2.77. The SMILES string of the molecule is COC1CC(Nc2ccccc2S(N)(=O)=O)C1. The molecule has 0 aliphatic heterocycles. The lowest BCUT2D eigenvalue weighted by atomic mass is 9.89. The van der Waals surface area contributed by atoms with Gasteiger partial charge in [-0.3, -0.25) is 0 Å². The molecule has 1 fully saturated rings. The average molecular weight is 256 g/mol. The van der Waals surface area contributed by atoms with Crippen LogP contribution in [-0.2, 0) is 14.8 Å². The van der Waals surface area contributed by atoms with E-state index in [2.05, 4.69) is 5.32 Å². The average Bonchev–Trinajstić information content (AvgIpc) is 2.22. The van der Waals surface area contributed by atoms with Gasteiger partial charge in [-0.05, 0) is 25.0 Å². The van der Waals surface area contributed by atoms with E-state index in [1.807, 2.05) is 0 Å². The monoisotopic (exact) mass is 256 g/mol. The second kappa shape index (κ2) is 4.64. The zero-order chi connectivity index (χ0) is 12.5. The van der Waals surface area contributed by atoms with Crippen LogP contribution in [0.4, 0.5) is 5.69 Å². The molecular weight excluding hydrogens is 240 g/mol. The van der Waals surface area contributed by atoms with E-state index >= 15 is 0 Å². The second-order valence-electron chi connectivity index (χ2n) is 4.21. The van der Waals surface area contributed by atoms with Crippen LogP contribution in [0.3, 0.4) is 0 Å². The summed E-state index contributed by atoms with van der Waals surface area (Å²) in [6.07, 6.45) is 2.04. The first kappa shape index (κ1) is 12.3. The van der Waals surface area contributed by atoms with Crippen molar-refractivity contribution >= 4 is 15.7 Å². The van der Waals surface area contributed by atoms with Gasteiger partial charge >= 0.3 is 0 Å². The first-order valence-corrected chi connectivity index (χ1v) is 6.96. The van der Waals surface area contributed by atoms with Crippen LogP contribution in [0.5, 0.6) is 0 Å². The van der Waals surface area contributed by atoms with Gasteiger partial charge in [0.05, 0.1) is 11.8 Å². The van der Waals surface area contributed by atoms with Crippen molar-refractivity contribution in [3.63, 3.8) is 0 Å². The zero-order valence-electron chi connectivity index (χ0n) is 9.59. The summed E-state index contributed by atoms with van der Waals surface area (Å²) in [6, 6.07) is 6.92. The lowest BCUT2D eigenvalue weighted by Gasteiger charge is -2.35. The van der Waals surface area contributed by atoms with E-state index in [1.54, 1.807) is 25.3 Å². The molecule has 3 N–H and O–H groups in total. The highest BCUT2D eigenvalue weighted by Gasteiger charge is 2.29. The fourth-order valence-corrected chi connectivity index (χ4v) is 2.63. The maximum absolute atomic E-state index is 11.4. The Kier molecular flexibility index (Phi) is 3.37. The number of sulfonamides is 1. The Morgan fingerprint density at radius 3 is 2.59 bits per heavy atom. The highest BCUT2D eigenvalue weighted by Crippen LogP contribution is 2.28. The van der Waals surface area contributed by atoms with Gasteiger partial charge in [-0.1, -0.05) is 12.1 Å². The molecule has 0 radical (unpaired) electrons. The van der Waals surface area contributed by atoms with Gasteiger partial charge in [-0.15, -0.1) is 0 Å². The van der Waals surface area contributed by atoms with Crippen LogP contribution < -0.4 is 10.5 Å². The van der Waals surface area contributed by atoms with Crippen LogP contribution in [0.25, 0.3) is 0 Å². The van der Waals surface area contributed by atoms with Crippen LogP contribution >= 0.6 is 0 Å². The molecule has 5 nitrogen and oxygen atoms in total. The summed E-state index contributed by atoms with van der Waals surface area (Å²) < 4.78 is 27.9. The van der Waals surface area contributed by atoms with Crippen LogP contribution in [-0.4, -0.2) is 27.7 Å². The minimum Gasteiger partial charge on any atom is -0.381 e. The highest BCUT2D eigenvalue weighted by molar-refractivity contribution is 7.89. The van der Waals surface area contributed by atoms with Crippen LogP contribution in [0.1, 0.15) is 12.8 Å². The Bertz CT molecular complexity index is 495. The van der Waals surface area contributed by atoms with Crippen molar-refractivity contribution in [2.45, 2.75) is 29.9 Å². The van der Waals surface area contributed by atoms with E-state index < -0.39 is 10.0 Å². The molecule has 1 aromatic rings. The number of rotatable bonds is 4. The predicted octanol–water partition coefficient (Wildman–Crippen LogP) is 0.923. The van der Waals surface area contributed by atoms with Gasteiger partial charge in [0.1, 0.15) is 4.90 Å². The molecule has 1 aliphatic carbocycles. The lowest BCUT2D eigenvalue weighted by Crippen LogP contribution is -2.40. The molecule has 1 aliphatic rings. The van der Waals surface area contributed by atoms with Gasteiger partial charge < -0.3 is 10.1 Å². The Morgan fingerprint density at radius 1 is 1.35 bits per heavy atom. The summed E-state index contributed by atoms with van der Waals surface area (Å²) in [6.45, 7) is 0. The van der Waals surface area contributed by atoms with Gasteiger partial charge in [0.25, 0.3) is 0 Å². The molecular formula is C11H16N2O3S. The number of anilines is 1. The van der Waals surface area contributed by atoms with Crippen molar-refractivity contribution in [1.82, 2.24) is 0 Å². The van der Waals surface area contributed by atoms with Gasteiger partial charge in [0.15, 0.2) is 0 Å². The molecule has 17 heavy (non-hydrogen) atoms. The summed E-state index contributed by atoms with van der Waals surface area (Å²) in [4.78, 5) is 0.140. The minimum absolute atomic E-state index is 0.140. The number of primary sulfonamides is 1. The van der Waals surface area contributed by atoms with E-state index in [9.17, 15) is 8.42 Å². The van der Waals surface area contributed by atoms with Crippen molar-refractivity contribution in [2.75, 3.05) is 12.4 Å². The molecule has 0 unspecified atom stereocenters. The largest absolute Gasteiger partial charge is 0.381 e. The molecule has 1 saturated carbocycles. The summed E-state index contributed by atoms with van der Waals surface area (Å²) >= 11 is 0. The van der Waals surface area contributed by atoms with Crippen molar-refractivity contribution < 1.29 is 13.2 Å². The van der Waals surface area contributed by atoms with Crippen LogP contribution in [0.15, 0.2) is 29.2 Å². The number of nitrogens with two attached hydrogens (primary N) is 1. The van der Waals surface area contributed by atoms with Crippen molar-refractivity contribution in [1.29, 1.82) is 0 Å². The van der Waals surface area contributed by atoms with E-state index in [-0.39, 0.29) is 17.0 Å². The smallest absolute Gasteiger partial charge is 0.240 e. The first-order valence-electron chi connectivity index (χ1n) is 5.42. The molecule has 1 aromatic carbocycles. The summed E-state index contributed by atoms with van der Waals surface area (Å²) in [5.74, 6) is 0. The molecule has 0 saturated heterocycles. The van der Waals surface area contributed by atoms with Gasteiger partial charge in [0, 0.05) is 13.2 Å². The van der Waals surface area contributed by atoms with E-state index in [0.29, 0.717) is 5.69 Å². The molecule has 0 bridgehead atoms. The Labute approximate surface area is 101 Å². The lowest BCUT2D eigenvalue weighted by molar-refractivity contribution is 0.0328. The number of hydrogen-bond donors (Lipinski definition) is 2. The summed E-state index contributed by atoms with van der Waals surface area (Å²) in [5.41, 5.74) is 0.564. The molecule has 2 rings (SSSR count). The number of para-hydroxylation sites is 1. The summed E-state index contributed by atoms with van der Waals surface area (Å²) in [7, 11) is -2.00. The minimum atomic E-state index is -3.68. The van der Waals surface area contributed by atoms with Crippen LogP contribution in [0.2, 0.25) is 0 Å². The van der Waals surface area contributed by atoms with Gasteiger partial charge in [-0.2, -0.15) is 0 Å². The zero-order valence-corrected chi connectivity index (χ0v) is 10.4. The third-order valence-corrected chi connectivity index (χ3v) is 3.95. The Balaban J connectivity index is 2.12. The van der Waals surface area contributed by atoms with E-state index in [0.717, 1.165) is 12.8 Å². The molecule has 0 spiro atoms. The third-order valence-electron chi connectivity index (χ3n) is 2.98. The summed E-state index contributed by atoms with van der Waals surface area (Å²) in [5, 5.41) is 8.33. The normalized spacial score (nSPS) is 24.1. The maximum atomic E-state index is 11.4. The van der Waals surface area contributed by atoms with Crippen molar-refractivity contribution in [3.05, 3.63) is 24.3 Å². The quantitative estimate of drug-likeness (QED) is 0.839. The molecule has 94 valence electrons. The van der Waals surface area contributed by atoms with Crippen molar-refractivity contribution in [2.24, 2.45) is 5.14 Å². The number of nitrogens with one attached hydrogen (secondary N) is 1. The number of ether oxygens (including phenoxy) is 1. The number of hydrogen-bond acceptors (Lipinski definition) is 4. The standard InChI is InChI=1S/C11H16N2O3S/c1-16-9-6-8(7-9)13-10-4-2-3-5-11(10)17(12,14)15/h2-5,8-9,13H,6-7H2,1H3,(H2,12,14,15). The fraction of sp³-hybridized carbons (Fsp3) is 0.455. The number of methoxy groups -OCH3 is 1. The topological polar surface area (TPSA) is 81.4 Å². The van der Waals surface area contributed by atoms with Crippen LogP contribution in [0, 0.1) is 0 Å². The fourth-order valence-electron chi connectivity index (χ4n) is 1.93. The molecule has 6 heteroatoms. The molecule has 0 heterocycles. The van der Waals surface area contributed by atoms with Gasteiger partial charge in [-0.25, -0.2) is 13.6 Å². The highest BCUT2D eigenvalue weighted by atomic mass is 32.2. The number of benzene rings is 1. The molecule has 0 aromatic heterocycles. The van der Waals surface area contributed by atoms with Crippen molar-refractivity contribution in [3.8, 4) is 0 Å². The predicted molar refractivity (Wildman–Crippen MR) is 65.3 cm³/mol. The maximum Gasteiger partial charge on any atom is 0.240 e. The Hall–Kier alpha value is -1.11. The first-order chi connectivity index (χ1) is 8.00. The molecule has 0 atom stereocenters. The van der Waals surface area contributed by atoms with E-state index in [4.69, 9.17) is 9.88 Å².